The number of ether oxygens (including phenoxy) is 3. The average molecular weight is 174 g/mol. The fourth-order valence-corrected chi connectivity index (χ4v) is 1.11. The average Bonchev–Trinajstić information content (AvgIpc) is 2.57. The van der Waals surface area contributed by atoms with Gasteiger partial charge < -0.3 is 14.2 Å². The minimum absolute atomic E-state index is 0.0242. The van der Waals surface area contributed by atoms with Crippen molar-refractivity contribution < 1.29 is 19.0 Å². The van der Waals surface area contributed by atoms with Gasteiger partial charge in [-0.25, -0.2) is 4.79 Å². The molecule has 0 N–H and O–H groups in total. The second kappa shape index (κ2) is 5.11. The van der Waals surface area contributed by atoms with E-state index in [0.717, 1.165) is 19.4 Å². The Morgan fingerprint density at radius 3 is 3.08 bits per heavy atom. The summed E-state index contributed by atoms with van der Waals surface area (Å²) < 4.78 is 14.8. The second-order valence-electron chi connectivity index (χ2n) is 2.73. The third kappa shape index (κ3) is 3.19. The number of esters is 1. The fourth-order valence-electron chi connectivity index (χ4n) is 1.11. The standard InChI is InChI=1S/C8H14O4/c1-10-8(9)6-11-5-7-3-2-4-12-7/h7H,2-6H2,1H3. The van der Waals surface area contributed by atoms with Gasteiger partial charge >= 0.3 is 5.97 Å². The summed E-state index contributed by atoms with van der Waals surface area (Å²) in [5, 5.41) is 0. The summed E-state index contributed by atoms with van der Waals surface area (Å²) >= 11 is 0. The van der Waals surface area contributed by atoms with Crippen LogP contribution in [0.25, 0.3) is 0 Å². The minimum Gasteiger partial charge on any atom is -0.467 e. The highest BCUT2D eigenvalue weighted by molar-refractivity contribution is 5.70. The van der Waals surface area contributed by atoms with Crippen LogP contribution in [0.5, 0.6) is 0 Å². The Balaban J connectivity index is 1.97. The first-order valence-corrected chi connectivity index (χ1v) is 4.09. The predicted octanol–water partition coefficient (Wildman–Crippen LogP) is 0.355. The van der Waals surface area contributed by atoms with Crippen molar-refractivity contribution in [3.63, 3.8) is 0 Å². The molecule has 0 amide bonds. The van der Waals surface area contributed by atoms with E-state index in [1.165, 1.54) is 7.11 Å². The van der Waals surface area contributed by atoms with Crippen LogP contribution < -0.4 is 0 Å². The fraction of sp³-hybridized carbons (Fsp3) is 0.875. The van der Waals surface area contributed by atoms with E-state index in [-0.39, 0.29) is 18.7 Å². The van der Waals surface area contributed by atoms with Gasteiger partial charge in [-0.15, -0.1) is 0 Å². The molecule has 1 unspecified atom stereocenters. The Hall–Kier alpha value is -0.610. The number of rotatable bonds is 4. The van der Waals surface area contributed by atoms with E-state index in [4.69, 9.17) is 9.47 Å². The summed E-state index contributed by atoms with van der Waals surface area (Å²) in [4.78, 5) is 10.6. The van der Waals surface area contributed by atoms with Gasteiger partial charge in [0.05, 0.1) is 19.8 Å². The summed E-state index contributed by atoms with van der Waals surface area (Å²) in [6, 6.07) is 0. The van der Waals surface area contributed by atoms with Crippen LogP contribution >= 0.6 is 0 Å². The first-order chi connectivity index (χ1) is 5.83. The van der Waals surface area contributed by atoms with Crippen molar-refractivity contribution in [2.45, 2.75) is 18.9 Å². The topological polar surface area (TPSA) is 44.8 Å². The molecule has 1 aliphatic heterocycles. The summed E-state index contributed by atoms with van der Waals surface area (Å²) in [5.74, 6) is -0.340. The van der Waals surface area contributed by atoms with Gasteiger partial charge in [0.15, 0.2) is 0 Å². The lowest BCUT2D eigenvalue weighted by Gasteiger charge is -2.08. The molecule has 1 rings (SSSR count). The monoisotopic (exact) mass is 174 g/mol. The molecule has 0 aromatic carbocycles. The lowest BCUT2D eigenvalue weighted by Crippen LogP contribution is -2.18. The van der Waals surface area contributed by atoms with E-state index in [0.29, 0.717) is 6.61 Å². The summed E-state index contributed by atoms with van der Waals surface area (Å²) in [5.41, 5.74) is 0. The Bertz CT molecular complexity index is 140. The molecule has 0 radical (unpaired) electrons. The van der Waals surface area contributed by atoms with Crippen LogP contribution in [0.2, 0.25) is 0 Å². The first kappa shape index (κ1) is 9.48. The Kier molecular flexibility index (Phi) is 4.04. The number of methoxy groups -OCH3 is 1. The molecule has 1 aliphatic rings. The van der Waals surface area contributed by atoms with Gasteiger partial charge in [-0.2, -0.15) is 0 Å². The maximum atomic E-state index is 10.6. The second-order valence-corrected chi connectivity index (χ2v) is 2.73. The zero-order valence-corrected chi connectivity index (χ0v) is 7.25. The third-order valence-corrected chi connectivity index (χ3v) is 1.78. The molecule has 4 nitrogen and oxygen atoms in total. The van der Waals surface area contributed by atoms with Gasteiger partial charge in [0.2, 0.25) is 0 Å². The Morgan fingerprint density at radius 1 is 1.67 bits per heavy atom. The van der Waals surface area contributed by atoms with E-state index >= 15 is 0 Å². The van der Waals surface area contributed by atoms with Crippen LogP contribution in [-0.2, 0) is 19.0 Å². The van der Waals surface area contributed by atoms with Gasteiger partial charge in [0.25, 0.3) is 0 Å². The zero-order valence-electron chi connectivity index (χ0n) is 7.25. The molecular weight excluding hydrogens is 160 g/mol. The molecule has 1 heterocycles. The van der Waals surface area contributed by atoms with Crippen molar-refractivity contribution in [3.05, 3.63) is 0 Å². The molecule has 1 fully saturated rings. The normalized spacial score (nSPS) is 22.6. The van der Waals surface area contributed by atoms with E-state index in [2.05, 4.69) is 4.74 Å². The lowest BCUT2D eigenvalue weighted by atomic mass is 10.2. The minimum atomic E-state index is -0.340. The van der Waals surface area contributed by atoms with Crippen LogP contribution in [-0.4, -0.2) is 39.0 Å². The van der Waals surface area contributed by atoms with E-state index in [1.807, 2.05) is 0 Å². The van der Waals surface area contributed by atoms with Crippen molar-refractivity contribution >= 4 is 5.97 Å². The van der Waals surface area contributed by atoms with Crippen molar-refractivity contribution in [1.82, 2.24) is 0 Å². The number of hydrogen-bond acceptors (Lipinski definition) is 4. The molecule has 0 aromatic heterocycles. The Morgan fingerprint density at radius 2 is 2.50 bits per heavy atom. The van der Waals surface area contributed by atoms with E-state index in [1.54, 1.807) is 0 Å². The van der Waals surface area contributed by atoms with Gasteiger partial charge in [0.1, 0.15) is 6.61 Å². The van der Waals surface area contributed by atoms with Crippen LogP contribution in [0.4, 0.5) is 0 Å². The molecule has 0 bridgehead atoms. The highest BCUT2D eigenvalue weighted by Gasteiger charge is 2.15. The molecule has 0 aliphatic carbocycles. The van der Waals surface area contributed by atoms with Crippen LogP contribution in [0.1, 0.15) is 12.8 Å². The van der Waals surface area contributed by atoms with Gasteiger partial charge in [-0.3, -0.25) is 0 Å². The van der Waals surface area contributed by atoms with Gasteiger partial charge in [-0.1, -0.05) is 0 Å². The zero-order chi connectivity index (χ0) is 8.81. The molecule has 4 heteroatoms. The highest BCUT2D eigenvalue weighted by atomic mass is 16.6. The molecular formula is C8H14O4. The predicted molar refractivity (Wildman–Crippen MR) is 41.8 cm³/mol. The van der Waals surface area contributed by atoms with Crippen molar-refractivity contribution in [2.75, 3.05) is 26.9 Å². The number of carbonyl (C=O) groups is 1. The largest absolute Gasteiger partial charge is 0.467 e. The maximum Gasteiger partial charge on any atom is 0.331 e. The number of carbonyl (C=O) groups excluding carboxylic acids is 1. The van der Waals surface area contributed by atoms with Gasteiger partial charge in [0, 0.05) is 6.61 Å². The third-order valence-electron chi connectivity index (χ3n) is 1.78. The smallest absolute Gasteiger partial charge is 0.331 e. The van der Waals surface area contributed by atoms with E-state index < -0.39 is 0 Å². The SMILES string of the molecule is COC(=O)COCC1CCCO1. The molecule has 70 valence electrons. The lowest BCUT2D eigenvalue weighted by molar-refractivity contribution is -0.146. The molecule has 1 atom stereocenters. The van der Waals surface area contributed by atoms with E-state index in [9.17, 15) is 4.79 Å². The van der Waals surface area contributed by atoms with Gasteiger partial charge in [-0.05, 0) is 12.8 Å². The van der Waals surface area contributed by atoms with Crippen LogP contribution in [0, 0.1) is 0 Å². The van der Waals surface area contributed by atoms with Crippen molar-refractivity contribution in [3.8, 4) is 0 Å². The van der Waals surface area contributed by atoms with Crippen molar-refractivity contribution in [1.29, 1.82) is 0 Å². The first-order valence-electron chi connectivity index (χ1n) is 4.09. The number of hydrogen-bond donors (Lipinski definition) is 0. The Labute approximate surface area is 71.8 Å². The van der Waals surface area contributed by atoms with Crippen LogP contribution in [0.15, 0.2) is 0 Å². The molecule has 12 heavy (non-hydrogen) atoms. The highest BCUT2D eigenvalue weighted by Crippen LogP contribution is 2.11. The summed E-state index contributed by atoms with van der Waals surface area (Å²) in [7, 11) is 1.35. The van der Waals surface area contributed by atoms with Crippen molar-refractivity contribution in [2.24, 2.45) is 0 Å². The maximum absolute atomic E-state index is 10.6. The molecule has 0 spiro atoms. The quantitative estimate of drug-likeness (QED) is 0.577. The summed E-state index contributed by atoms with van der Waals surface area (Å²) in [6.45, 7) is 1.33. The van der Waals surface area contributed by atoms with Crippen LogP contribution in [0.3, 0.4) is 0 Å². The molecule has 1 saturated heterocycles. The molecule has 0 saturated carbocycles. The summed E-state index contributed by atoms with van der Waals surface area (Å²) in [6.07, 6.45) is 2.29. The molecule has 0 aromatic rings.